The Morgan fingerprint density at radius 1 is 1.24 bits per heavy atom. The molecule has 0 fully saturated rings. The number of pyridine rings is 3. The van der Waals surface area contributed by atoms with Crippen LogP contribution in [0.2, 0.25) is 0 Å². The summed E-state index contributed by atoms with van der Waals surface area (Å²) in [5.41, 5.74) is -2.59. The Morgan fingerprint density at radius 3 is 2.64 bits per heavy atom. The van der Waals surface area contributed by atoms with Gasteiger partial charge in [-0.2, -0.15) is 4.39 Å². The van der Waals surface area contributed by atoms with Crippen LogP contribution in [-0.4, -0.2) is 40.5 Å². The van der Waals surface area contributed by atoms with Crippen molar-refractivity contribution in [3.05, 3.63) is 59.8 Å². The normalized spacial score (nSPS) is 15.0. The van der Waals surface area contributed by atoms with Crippen LogP contribution in [0.25, 0.3) is 0 Å². The van der Waals surface area contributed by atoms with Gasteiger partial charge in [0.25, 0.3) is 0 Å². The maximum atomic E-state index is 14.6. The third-order valence-corrected chi connectivity index (χ3v) is 5.71. The van der Waals surface area contributed by atoms with Crippen molar-refractivity contribution in [2.75, 3.05) is 16.9 Å². The van der Waals surface area contributed by atoms with Crippen LogP contribution < -0.4 is 10.6 Å². The van der Waals surface area contributed by atoms with Gasteiger partial charge < -0.3 is 15.7 Å². The van der Waals surface area contributed by atoms with E-state index in [1.165, 1.54) is 36.7 Å². The van der Waals surface area contributed by atoms with Gasteiger partial charge in [0.1, 0.15) is 22.3 Å². The predicted molar refractivity (Wildman–Crippen MR) is 122 cm³/mol. The zero-order valence-corrected chi connectivity index (χ0v) is 18.9. The quantitative estimate of drug-likeness (QED) is 0.328. The van der Waals surface area contributed by atoms with Gasteiger partial charge in [-0.25, -0.2) is 23.4 Å². The first-order valence-electron chi connectivity index (χ1n) is 11.3. The molecule has 3 heterocycles. The number of anilines is 4. The number of rotatable bonds is 8. The van der Waals surface area contributed by atoms with Crippen molar-refractivity contribution in [2.24, 2.45) is 0 Å². The van der Waals surface area contributed by atoms with Gasteiger partial charge >= 0.3 is 0 Å². The van der Waals surface area contributed by atoms with Crippen molar-refractivity contribution in [1.82, 2.24) is 15.0 Å². The molecule has 0 aliphatic carbocycles. The van der Waals surface area contributed by atoms with Crippen molar-refractivity contribution in [3.63, 3.8) is 0 Å². The Hall–Kier alpha value is -3.44. The van der Waals surface area contributed by atoms with Crippen LogP contribution in [0.3, 0.4) is 0 Å². The van der Waals surface area contributed by atoms with E-state index in [9.17, 15) is 22.7 Å². The van der Waals surface area contributed by atoms with E-state index in [2.05, 4.69) is 25.6 Å². The fourth-order valence-electron chi connectivity index (χ4n) is 2.95. The maximum absolute atomic E-state index is 14.6. The summed E-state index contributed by atoms with van der Waals surface area (Å²) < 4.78 is 61.2. The molecular weight excluding hydrogens is 449 g/mol. The fourth-order valence-corrected chi connectivity index (χ4v) is 3.73. The summed E-state index contributed by atoms with van der Waals surface area (Å²) in [6.45, 7) is -0.257. The molecule has 11 heteroatoms. The first-order valence-corrected chi connectivity index (χ1v) is 11.7. The Morgan fingerprint density at radius 2 is 2.00 bits per heavy atom. The molecule has 1 atom stereocenters. The lowest BCUT2D eigenvalue weighted by Crippen LogP contribution is -2.18. The third-order valence-electron chi connectivity index (χ3n) is 4.58. The molecule has 0 spiro atoms. The number of hydrogen-bond donors (Lipinski definition) is 3. The molecule has 3 rings (SSSR count). The van der Waals surface area contributed by atoms with Gasteiger partial charge in [0.15, 0.2) is 15.6 Å². The molecule has 0 aromatic carbocycles. The van der Waals surface area contributed by atoms with E-state index in [1.54, 1.807) is 6.92 Å². The number of carbonyl (C=O) groups excluding carboxylic acids is 1. The van der Waals surface area contributed by atoms with Crippen LogP contribution in [0.5, 0.6) is 0 Å². The summed E-state index contributed by atoms with van der Waals surface area (Å²) >= 11 is 0. The van der Waals surface area contributed by atoms with E-state index < -0.39 is 33.8 Å². The minimum Gasteiger partial charge on any atom is -0.386 e. The topological polar surface area (TPSA) is 134 Å². The monoisotopic (exact) mass is 476 g/mol. The lowest BCUT2D eigenvalue weighted by molar-refractivity contribution is 0.0737. The van der Waals surface area contributed by atoms with Crippen molar-refractivity contribution in [3.8, 4) is 0 Å². The number of halogens is 1. The Labute approximate surface area is 195 Å². The standard InChI is InChI=1S/C22H24FN5O4S/c1-5-16(29)13-12-25-19(27-18-9-8-14(20(23)28-18)22(2,3)30)11-15(13)26-21-17(33(4,31)32)7-6-10-24-21/h6-12,30H,5H2,1-4H3,(H2,24,25,26,27,28)/i2D3. The third kappa shape index (κ3) is 5.68. The summed E-state index contributed by atoms with van der Waals surface area (Å²) in [4.78, 5) is 24.3. The number of aromatic nitrogens is 3. The van der Waals surface area contributed by atoms with E-state index >= 15 is 0 Å². The SMILES string of the molecule is [2H]C([2H])([2H])C(C)(O)c1ccc(Nc2cc(Nc3ncccc3S(C)(=O)=O)c(C(=O)CC)cn2)nc1F. The highest BCUT2D eigenvalue weighted by atomic mass is 32.2. The molecule has 9 nitrogen and oxygen atoms in total. The van der Waals surface area contributed by atoms with E-state index in [-0.39, 0.29) is 45.8 Å². The fraction of sp³-hybridized carbons (Fsp3) is 0.273. The van der Waals surface area contributed by atoms with Crippen LogP contribution >= 0.6 is 0 Å². The Kier molecular flexibility index (Phi) is 5.63. The van der Waals surface area contributed by atoms with Gasteiger partial charge in [-0.3, -0.25) is 4.79 Å². The van der Waals surface area contributed by atoms with E-state index in [4.69, 9.17) is 4.11 Å². The van der Waals surface area contributed by atoms with Crippen LogP contribution in [0.4, 0.5) is 27.5 Å². The molecule has 0 radical (unpaired) electrons. The molecule has 0 bridgehead atoms. The molecule has 0 saturated carbocycles. The highest BCUT2D eigenvalue weighted by molar-refractivity contribution is 7.90. The van der Waals surface area contributed by atoms with Crippen molar-refractivity contribution in [1.29, 1.82) is 0 Å². The second-order valence-electron chi connectivity index (χ2n) is 7.37. The zero-order valence-electron chi connectivity index (χ0n) is 21.0. The smallest absolute Gasteiger partial charge is 0.220 e. The molecule has 3 aromatic heterocycles. The number of ketones is 1. The largest absolute Gasteiger partial charge is 0.386 e. The molecule has 3 N–H and O–H groups in total. The van der Waals surface area contributed by atoms with Crippen LogP contribution in [0, 0.1) is 5.95 Å². The highest BCUT2D eigenvalue weighted by Crippen LogP contribution is 2.29. The van der Waals surface area contributed by atoms with E-state index in [0.717, 1.165) is 19.2 Å². The number of Topliss-reactive ketones (excluding diaryl/α,β-unsaturated/α-hetero) is 1. The first kappa shape index (κ1) is 20.2. The van der Waals surface area contributed by atoms with Crippen molar-refractivity contribution < 1.29 is 26.8 Å². The number of nitrogens with zero attached hydrogens (tertiary/aromatic N) is 3. The molecule has 174 valence electrons. The van der Waals surface area contributed by atoms with Gasteiger partial charge in [-0.05, 0) is 38.0 Å². The summed E-state index contributed by atoms with van der Waals surface area (Å²) in [7, 11) is -3.64. The Bertz CT molecular complexity index is 1420. The van der Waals surface area contributed by atoms with E-state index in [1.807, 2.05) is 0 Å². The predicted octanol–water partition coefficient (Wildman–Crippen LogP) is 3.72. The first-order chi connectivity index (χ1) is 16.6. The number of hydrogen-bond acceptors (Lipinski definition) is 9. The van der Waals surface area contributed by atoms with Gasteiger partial charge in [-0.1, -0.05) is 6.92 Å². The second kappa shape index (κ2) is 9.20. The minimum atomic E-state index is -3.64. The van der Waals surface area contributed by atoms with E-state index in [0.29, 0.717) is 0 Å². The minimum absolute atomic E-state index is 0.00252. The lowest BCUT2D eigenvalue weighted by Gasteiger charge is -2.18. The molecule has 3 aromatic rings. The average Bonchev–Trinajstić information content (AvgIpc) is 2.77. The summed E-state index contributed by atoms with van der Waals surface area (Å²) in [6, 6.07) is 6.59. The summed E-state index contributed by atoms with van der Waals surface area (Å²) in [6.07, 6.45) is 3.84. The molecule has 0 saturated heterocycles. The summed E-state index contributed by atoms with van der Waals surface area (Å²) in [5.74, 6) is -1.40. The van der Waals surface area contributed by atoms with Crippen molar-refractivity contribution in [2.45, 2.75) is 37.6 Å². The van der Waals surface area contributed by atoms with Crippen LogP contribution in [0.1, 0.15) is 47.2 Å². The molecule has 1 unspecified atom stereocenters. The number of nitrogens with one attached hydrogen (secondary N) is 2. The average molecular weight is 477 g/mol. The molecular formula is C22H24FN5O4S. The highest BCUT2D eigenvalue weighted by Gasteiger charge is 2.22. The Balaban J connectivity index is 1.99. The van der Waals surface area contributed by atoms with Gasteiger partial charge in [-0.15, -0.1) is 0 Å². The number of carbonyl (C=O) groups is 1. The van der Waals surface area contributed by atoms with Gasteiger partial charge in [0, 0.05) is 40.8 Å². The van der Waals surface area contributed by atoms with Crippen LogP contribution in [-0.2, 0) is 15.4 Å². The maximum Gasteiger partial charge on any atom is 0.220 e. The molecule has 0 aliphatic rings. The van der Waals surface area contributed by atoms with Crippen LogP contribution in [0.15, 0.2) is 47.6 Å². The van der Waals surface area contributed by atoms with Gasteiger partial charge in [0.2, 0.25) is 5.95 Å². The molecule has 0 aliphatic heterocycles. The van der Waals surface area contributed by atoms with Gasteiger partial charge in [0.05, 0.1) is 16.9 Å². The second-order valence-corrected chi connectivity index (χ2v) is 9.36. The van der Waals surface area contributed by atoms with Crippen molar-refractivity contribution >= 4 is 38.8 Å². The zero-order chi connectivity index (χ0) is 26.9. The molecule has 33 heavy (non-hydrogen) atoms. The summed E-state index contributed by atoms with van der Waals surface area (Å²) in [5, 5.41) is 15.9. The lowest BCUT2D eigenvalue weighted by atomic mass is 10.0. The number of sulfone groups is 1. The molecule has 0 amide bonds. The number of aliphatic hydroxyl groups is 1.